The van der Waals surface area contributed by atoms with Crippen LogP contribution in [0.15, 0.2) is 4.34 Å². The summed E-state index contributed by atoms with van der Waals surface area (Å²) < 4.78 is 5.25. The molecule has 0 aliphatic heterocycles. The van der Waals surface area contributed by atoms with Gasteiger partial charge in [0.1, 0.15) is 5.82 Å². The van der Waals surface area contributed by atoms with Gasteiger partial charge >= 0.3 is 0 Å². The Labute approximate surface area is 99.2 Å². The average molecular weight is 243 g/mol. The van der Waals surface area contributed by atoms with Gasteiger partial charge in [0.05, 0.1) is 0 Å². The summed E-state index contributed by atoms with van der Waals surface area (Å²) in [7, 11) is 0. The molecule has 3 nitrogen and oxygen atoms in total. The molecule has 0 aromatic carbocycles. The highest BCUT2D eigenvalue weighted by Gasteiger charge is 2.27. The summed E-state index contributed by atoms with van der Waals surface area (Å²) in [6.07, 6.45) is 2.83. The molecule has 0 spiro atoms. The molecule has 1 atom stereocenters. The number of rotatable bonds is 6. The lowest BCUT2D eigenvalue weighted by atomic mass is 10.2. The van der Waals surface area contributed by atoms with Crippen molar-refractivity contribution in [1.29, 1.82) is 0 Å². The molecule has 1 fully saturated rings. The van der Waals surface area contributed by atoms with Crippen molar-refractivity contribution in [3.63, 3.8) is 0 Å². The third-order valence-corrected chi connectivity index (χ3v) is 4.56. The van der Waals surface area contributed by atoms with Crippen molar-refractivity contribution >= 4 is 23.3 Å². The SMILES string of the molecule is Cc1nsc(SCCNC(C)C2CC2)n1. The van der Waals surface area contributed by atoms with E-state index in [2.05, 4.69) is 21.6 Å². The lowest BCUT2D eigenvalue weighted by Gasteiger charge is -2.11. The number of nitrogens with zero attached hydrogens (tertiary/aromatic N) is 2. The van der Waals surface area contributed by atoms with Gasteiger partial charge in [-0.05, 0) is 44.1 Å². The molecule has 1 saturated carbocycles. The highest BCUT2D eigenvalue weighted by Crippen LogP contribution is 2.32. The summed E-state index contributed by atoms with van der Waals surface area (Å²) in [5, 5.41) is 3.56. The maximum absolute atomic E-state index is 4.32. The van der Waals surface area contributed by atoms with Gasteiger partial charge in [-0.1, -0.05) is 11.8 Å². The predicted octanol–water partition coefficient (Wildman–Crippen LogP) is 2.33. The molecule has 84 valence electrons. The van der Waals surface area contributed by atoms with E-state index >= 15 is 0 Å². The Morgan fingerprint density at radius 1 is 1.60 bits per heavy atom. The van der Waals surface area contributed by atoms with Gasteiger partial charge in [0, 0.05) is 18.3 Å². The van der Waals surface area contributed by atoms with E-state index in [0.717, 1.165) is 28.4 Å². The Morgan fingerprint density at radius 3 is 3.00 bits per heavy atom. The number of hydrogen-bond donors (Lipinski definition) is 1. The van der Waals surface area contributed by atoms with Crippen LogP contribution < -0.4 is 5.32 Å². The van der Waals surface area contributed by atoms with Crippen molar-refractivity contribution in [3.8, 4) is 0 Å². The van der Waals surface area contributed by atoms with Gasteiger partial charge in [0.15, 0.2) is 4.34 Å². The van der Waals surface area contributed by atoms with E-state index in [1.807, 2.05) is 6.92 Å². The van der Waals surface area contributed by atoms with E-state index in [-0.39, 0.29) is 0 Å². The lowest BCUT2D eigenvalue weighted by molar-refractivity contribution is 0.514. The number of hydrogen-bond acceptors (Lipinski definition) is 5. The minimum Gasteiger partial charge on any atom is -0.313 e. The van der Waals surface area contributed by atoms with Crippen molar-refractivity contribution in [1.82, 2.24) is 14.7 Å². The minimum absolute atomic E-state index is 0.696. The molecule has 5 heteroatoms. The first-order valence-corrected chi connectivity index (χ1v) is 7.18. The summed E-state index contributed by atoms with van der Waals surface area (Å²) in [5.41, 5.74) is 0. The van der Waals surface area contributed by atoms with Gasteiger partial charge in [-0.25, -0.2) is 4.98 Å². The maximum atomic E-state index is 4.32. The fourth-order valence-corrected chi connectivity index (χ4v) is 3.11. The monoisotopic (exact) mass is 243 g/mol. The van der Waals surface area contributed by atoms with Crippen LogP contribution in [0.5, 0.6) is 0 Å². The predicted molar refractivity (Wildman–Crippen MR) is 65.6 cm³/mol. The topological polar surface area (TPSA) is 37.8 Å². The van der Waals surface area contributed by atoms with Crippen molar-refractivity contribution in [2.75, 3.05) is 12.3 Å². The number of nitrogens with one attached hydrogen (secondary N) is 1. The smallest absolute Gasteiger partial charge is 0.170 e. The van der Waals surface area contributed by atoms with Crippen LogP contribution >= 0.6 is 23.3 Å². The lowest BCUT2D eigenvalue weighted by Crippen LogP contribution is -2.29. The zero-order chi connectivity index (χ0) is 10.7. The highest BCUT2D eigenvalue weighted by atomic mass is 32.2. The number of aryl methyl sites for hydroxylation is 1. The zero-order valence-electron chi connectivity index (χ0n) is 9.19. The molecule has 1 aliphatic rings. The Kier molecular flexibility index (Phi) is 3.99. The van der Waals surface area contributed by atoms with Crippen molar-refractivity contribution in [2.45, 2.75) is 37.1 Å². The molecule has 15 heavy (non-hydrogen) atoms. The fraction of sp³-hybridized carbons (Fsp3) is 0.800. The molecule has 0 radical (unpaired) electrons. The number of thioether (sulfide) groups is 1. The third kappa shape index (κ3) is 3.74. The van der Waals surface area contributed by atoms with Gasteiger partial charge < -0.3 is 5.32 Å². The van der Waals surface area contributed by atoms with Crippen LogP contribution in [0.3, 0.4) is 0 Å². The first kappa shape index (κ1) is 11.4. The summed E-state index contributed by atoms with van der Waals surface area (Å²) in [4.78, 5) is 4.32. The van der Waals surface area contributed by atoms with E-state index in [9.17, 15) is 0 Å². The van der Waals surface area contributed by atoms with Crippen LogP contribution in [0.4, 0.5) is 0 Å². The third-order valence-electron chi connectivity index (χ3n) is 2.63. The number of aromatic nitrogens is 2. The summed E-state index contributed by atoms with van der Waals surface area (Å²) >= 11 is 3.30. The van der Waals surface area contributed by atoms with Crippen molar-refractivity contribution in [3.05, 3.63) is 5.82 Å². The van der Waals surface area contributed by atoms with E-state index in [1.165, 1.54) is 24.4 Å². The van der Waals surface area contributed by atoms with Crippen LogP contribution in [-0.2, 0) is 0 Å². The quantitative estimate of drug-likeness (QED) is 0.615. The van der Waals surface area contributed by atoms with Gasteiger partial charge in [-0.3, -0.25) is 0 Å². The van der Waals surface area contributed by atoms with Crippen molar-refractivity contribution < 1.29 is 0 Å². The maximum Gasteiger partial charge on any atom is 0.170 e. The molecule has 1 N–H and O–H groups in total. The summed E-state index contributed by atoms with van der Waals surface area (Å²) in [6.45, 7) is 5.30. The Bertz CT molecular complexity index is 309. The van der Waals surface area contributed by atoms with Gasteiger partial charge in [0.2, 0.25) is 0 Å². The standard InChI is InChI=1S/C10H17N3S2/c1-7(9-3-4-9)11-5-6-14-10-12-8(2)13-15-10/h7,9,11H,3-6H2,1-2H3. The molecule has 1 unspecified atom stereocenters. The van der Waals surface area contributed by atoms with Crippen LogP contribution in [0, 0.1) is 12.8 Å². The molecule has 1 heterocycles. The average Bonchev–Trinajstić information content (AvgIpc) is 2.98. The largest absolute Gasteiger partial charge is 0.313 e. The Balaban J connectivity index is 1.58. The molecule has 0 amide bonds. The van der Waals surface area contributed by atoms with Gasteiger partial charge in [0.25, 0.3) is 0 Å². The van der Waals surface area contributed by atoms with Gasteiger partial charge in [-0.15, -0.1) is 0 Å². The minimum atomic E-state index is 0.696. The zero-order valence-corrected chi connectivity index (χ0v) is 10.8. The van der Waals surface area contributed by atoms with E-state index in [1.54, 1.807) is 11.8 Å². The second-order valence-corrected chi connectivity index (χ2v) is 6.13. The Hall–Kier alpha value is -0.130. The second-order valence-electron chi connectivity index (χ2n) is 4.04. The van der Waals surface area contributed by atoms with Crippen LogP contribution in [-0.4, -0.2) is 27.7 Å². The summed E-state index contributed by atoms with van der Waals surface area (Å²) in [6, 6.07) is 0.696. The summed E-state index contributed by atoms with van der Waals surface area (Å²) in [5.74, 6) is 2.92. The van der Waals surface area contributed by atoms with Crippen molar-refractivity contribution in [2.24, 2.45) is 5.92 Å². The van der Waals surface area contributed by atoms with Crippen LogP contribution in [0.25, 0.3) is 0 Å². The van der Waals surface area contributed by atoms with Crippen LogP contribution in [0.1, 0.15) is 25.6 Å². The molecular formula is C10H17N3S2. The molecule has 0 bridgehead atoms. The fourth-order valence-electron chi connectivity index (χ4n) is 1.52. The molecule has 1 aromatic rings. The highest BCUT2D eigenvalue weighted by molar-refractivity contribution is 8.00. The molecule has 0 saturated heterocycles. The van der Waals surface area contributed by atoms with E-state index < -0.39 is 0 Å². The second kappa shape index (κ2) is 5.27. The molecule has 1 aromatic heterocycles. The van der Waals surface area contributed by atoms with E-state index in [0.29, 0.717) is 6.04 Å². The van der Waals surface area contributed by atoms with Gasteiger partial charge in [-0.2, -0.15) is 4.37 Å². The molecular weight excluding hydrogens is 226 g/mol. The van der Waals surface area contributed by atoms with Crippen LogP contribution in [0.2, 0.25) is 0 Å². The van der Waals surface area contributed by atoms with E-state index in [4.69, 9.17) is 0 Å². The normalized spacial score (nSPS) is 18.0. The first-order valence-electron chi connectivity index (χ1n) is 5.42. The molecule has 1 aliphatic carbocycles. The Morgan fingerprint density at radius 2 is 2.40 bits per heavy atom. The first-order chi connectivity index (χ1) is 7.25. The molecule has 2 rings (SSSR count).